The van der Waals surface area contributed by atoms with Crippen LogP contribution in [0.25, 0.3) is 0 Å². The monoisotopic (exact) mass is 210 g/mol. The van der Waals surface area contributed by atoms with E-state index in [0.717, 1.165) is 5.56 Å². The molecule has 0 amide bonds. The van der Waals surface area contributed by atoms with Gasteiger partial charge in [0.15, 0.2) is 11.5 Å². The van der Waals surface area contributed by atoms with Gasteiger partial charge in [-0.2, -0.15) is 0 Å². The fraction of sp³-hybridized carbons (Fsp3) is 0.400. The van der Waals surface area contributed by atoms with E-state index in [-0.39, 0.29) is 0 Å². The Morgan fingerprint density at radius 3 is 2.47 bits per heavy atom. The number of methoxy groups -OCH3 is 1. The number of ether oxygens (including phenoxy) is 2. The smallest absolute Gasteiger partial charge is 0.492 e. The molecule has 0 saturated carbocycles. The molecule has 0 aliphatic carbocycles. The van der Waals surface area contributed by atoms with Gasteiger partial charge in [-0.15, -0.1) is 0 Å². The second-order valence-electron chi connectivity index (χ2n) is 3.19. The summed E-state index contributed by atoms with van der Waals surface area (Å²) in [5.74, 6) is 0.903. The van der Waals surface area contributed by atoms with Crippen LogP contribution in [0, 0.1) is 6.92 Å². The lowest BCUT2D eigenvalue weighted by Crippen LogP contribution is -2.31. The van der Waals surface area contributed by atoms with Crippen molar-refractivity contribution < 1.29 is 19.5 Å². The van der Waals surface area contributed by atoms with Crippen molar-refractivity contribution in [2.45, 2.75) is 13.8 Å². The molecule has 0 spiro atoms. The third kappa shape index (κ3) is 2.64. The zero-order valence-corrected chi connectivity index (χ0v) is 9.15. The van der Waals surface area contributed by atoms with E-state index in [9.17, 15) is 10.0 Å². The first kappa shape index (κ1) is 11.9. The van der Waals surface area contributed by atoms with Gasteiger partial charge in [-0.05, 0) is 25.5 Å². The van der Waals surface area contributed by atoms with Gasteiger partial charge >= 0.3 is 7.12 Å². The zero-order valence-electron chi connectivity index (χ0n) is 9.15. The van der Waals surface area contributed by atoms with Crippen LogP contribution in [0.2, 0.25) is 0 Å². The van der Waals surface area contributed by atoms with E-state index >= 15 is 0 Å². The van der Waals surface area contributed by atoms with E-state index in [1.807, 2.05) is 13.8 Å². The van der Waals surface area contributed by atoms with Crippen molar-refractivity contribution >= 4 is 12.6 Å². The topological polar surface area (TPSA) is 58.9 Å². The predicted molar refractivity (Wildman–Crippen MR) is 58.7 cm³/mol. The van der Waals surface area contributed by atoms with Crippen molar-refractivity contribution in [2.75, 3.05) is 13.7 Å². The maximum absolute atomic E-state index is 9.17. The lowest BCUT2D eigenvalue weighted by atomic mass is 9.78. The largest absolute Gasteiger partial charge is 0.493 e. The van der Waals surface area contributed by atoms with Crippen LogP contribution in [-0.4, -0.2) is 30.9 Å². The lowest BCUT2D eigenvalue weighted by molar-refractivity contribution is 0.311. The summed E-state index contributed by atoms with van der Waals surface area (Å²) in [7, 11) is -0.0851. The number of hydrogen-bond donors (Lipinski definition) is 2. The van der Waals surface area contributed by atoms with Crippen LogP contribution in [0.1, 0.15) is 12.5 Å². The molecule has 0 bridgehead atoms. The molecule has 1 aromatic carbocycles. The maximum atomic E-state index is 9.17. The van der Waals surface area contributed by atoms with Crippen LogP contribution in [0.5, 0.6) is 11.5 Å². The highest BCUT2D eigenvalue weighted by Gasteiger charge is 2.21. The highest BCUT2D eigenvalue weighted by Crippen LogP contribution is 2.26. The number of rotatable bonds is 4. The van der Waals surface area contributed by atoms with E-state index in [1.54, 1.807) is 12.1 Å². The predicted octanol–water partition coefficient (Wildman–Crippen LogP) is 0.0821. The Morgan fingerprint density at radius 1 is 1.33 bits per heavy atom. The van der Waals surface area contributed by atoms with E-state index < -0.39 is 7.12 Å². The van der Waals surface area contributed by atoms with Crippen LogP contribution in [0.15, 0.2) is 12.1 Å². The quantitative estimate of drug-likeness (QED) is 0.691. The first-order valence-electron chi connectivity index (χ1n) is 4.77. The van der Waals surface area contributed by atoms with E-state index in [0.29, 0.717) is 23.6 Å². The molecular formula is C10H15BO4. The van der Waals surface area contributed by atoms with Crippen LogP contribution < -0.4 is 14.9 Å². The summed E-state index contributed by atoms with van der Waals surface area (Å²) in [6.07, 6.45) is 0. The van der Waals surface area contributed by atoms with Gasteiger partial charge in [0.25, 0.3) is 0 Å². The summed E-state index contributed by atoms with van der Waals surface area (Å²) in [6, 6.07) is 3.46. The van der Waals surface area contributed by atoms with Gasteiger partial charge in [0.1, 0.15) is 0 Å². The third-order valence-corrected chi connectivity index (χ3v) is 2.01. The summed E-state index contributed by atoms with van der Waals surface area (Å²) >= 11 is 0. The Kier molecular flexibility index (Phi) is 4.00. The van der Waals surface area contributed by atoms with Gasteiger partial charge in [0.05, 0.1) is 13.7 Å². The molecule has 0 saturated heterocycles. The molecule has 5 heteroatoms. The molecule has 1 rings (SSSR count). The third-order valence-electron chi connectivity index (χ3n) is 2.01. The Labute approximate surface area is 89.6 Å². The van der Waals surface area contributed by atoms with Crippen LogP contribution in [0.3, 0.4) is 0 Å². The Morgan fingerprint density at radius 2 is 2.00 bits per heavy atom. The van der Waals surface area contributed by atoms with Gasteiger partial charge in [-0.25, -0.2) is 0 Å². The standard InChI is InChI=1S/C10H15BO4/c1-4-15-9-6-7(2)5-8(11(12)13)10(9)14-3/h5-6,12-13H,4H2,1-3H3. The van der Waals surface area contributed by atoms with Crippen molar-refractivity contribution in [2.24, 2.45) is 0 Å². The molecule has 0 aromatic heterocycles. The molecule has 2 N–H and O–H groups in total. The molecule has 0 aliphatic heterocycles. The first-order valence-corrected chi connectivity index (χ1v) is 4.77. The van der Waals surface area contributed by atoms with Crippen LogP contribution >= 0.6 is 0 Å². The number of hydrogen-bond acceptors (Lipinski definition) is 4. The van der Waals surface area contributed by atoms with Gasteiger partial charge in [0.2, 0.25) is 0 Å². The minimum Gasteiger partial charge on any atom is -0.493 e. The summed E-state index contributed by atoms with van der Waals surface area (Å²) in [5.41, 5.74) is 1.21. The van der Waals surface area contributed by atoms with Gasteiger partial charge in [-0.1, -0.05) is 6.07 Å². The maximum Gasteiger partial charge on any atom is 0.492 e. The molecule has 0 radical (unpaired) electrons. The molecular weight excluding hydrogens is 195 g/mol. The van der Waals surface area contributed by atoms with Crippen LogP contribution in [-0.2, 0) is 0 Å². The van der Waals surface area contributed by atoms with Crippen LogP contribution in [0.4, 0.5) is 0 Å². The summed E-state index contributed by atoms with van der Waals surface area (Å²) < 4.78 is 10.5. The fourth-order valence-corrected chi connectivity index (χ4v) is 1.44. The van der Waals surface area contributed by atoms with E-state index in [2.05, 4.69) is 0 Å². The molecule has 4 nitrogen and oxygen atoms in total. The highest BCUT2D eigenvalue weighted by molar-refractivity contribution is 6.59. The lowest BCUT2D eigenvalue weighted by Gasteiger charge is -2.14. The summed E-state index contributed by atoms with van der Waals surface area (Å²) in [5, 5.41) is 18.3. The molecule has 0 heterocycles. The molecule has 82 valence electrons. The van der Waals surface area contributed by atoms with Crippen molar-refractivity contribution in [1.29, 1.82) is 0 Å². The SMILES string of the molecule is CCOc1cc(C)cc(B(O)O)c1OC. The van der Waals surface area contributed by atoms with Crippen molar-refractivity contribution in [3.05, 3.63) is 17.7 Å². The first-order chi connectivity index (χ1) is 7.10. The zero-order chi connectivity index (χ0) is 11.4. The number of benzene rings is 1. The normalized spacial score (nSPS) is 9.93. The second kappa shape index (κ2) is 5.05. The molecule has 0 aliphatic rings. The number of aryl methyl sites for hydroxylation is 1. The van der Waals surface area contributed by atoms with Crippen molar-refractivity contribution in [3.8, 4) is 11.5 Å². The molecule has 0 unspecified atom stereocenters. The average molecular weight is 210 g/mol. The minimum absolute atomic E-state index is 0.320. The van der Waals surface area contributed by atoms with Crippen molar-refractivity contribution in [3.63, 3.8) is 0 Å². The van der Waals surface area contributed by atoms with Crippen molar-refractivity contribution in [1.82, 2.24) is 0 Å². The molecule has 15 heavy (non-hydrogen) atoms. The average Bonchev–Trinajstić information content (AvgIpc) is 2.17. The Bertz CT molecular complexity index is 338. The van der Waals surface area contributed by atoms with Gasteiger partial charge in [0, 0.05) is 5.46 Å². The Hall–Kier alpha value is -1.20. The fourth-order valence-electron chi connectivity index (χ4n) is 1.44. The molecule has 1 aromatic rings. The minimum atomic E-state index is -1.56. The highest BCUT2D eigenvalue weighted by atomic mass is 16.5. The summed E-state index contributed by atoms with van der Waals surface area (Å²) in [6.45, 7) is 4.21. The summed E-state index contributed by atoms with van der Waals surface area (Å²) in [4.78, 5) is 0. The molecule has 0 fully saturated rings. The second-order valence-corrected chi connectivity index (χ2v) is 3.19. The molecule has 0 atom stereocenters. The Balaban J connectivity index is 3.25. The van der Waals surface area contributed by atoms with Gasteiger partial charge < -0.3 is 19.5 Å². The van der Waals surface area contributed by atoms with E-state index in [4.69, 9.17) is 9.47 Å². The van der Waals surface area contributed by atoms with Gasteiger partial charge in [-0.3, -0.25) is 0 Å². The van der Waals surface area contributed by atoms with E-state index in [1.165, 1.54) is 7.11 Å².